The van der Waals surface area contributed by atoms with E-state index in [1.807, 2.05) is 19.1 Å². The monoisotopic (exact) mass is 342 g/mol. The van der Waals surface area contributed by atoms with Gasteiger partial charge in [0.25, 0.3) is 0 Å². The molecule has 1 atom stereocenters. The highest BCUT2D eigenvalue weighted by Crippen LogP contribution is 2.33. The van der Waals surface area contributed by atoms with Crippen LogP contribution in [0.4, 0.5) is 0 Å². The molecule has 0 aliphatic heterocycles. The van der Waals surface area contributed by atoms with Crippen molar-refractivity contribution < 1.29 is 9.84 Å². The van der Waals surface area contributed by atoms with Crippen molar-refractivity contribution in [2.24, 2.45) is 0 Å². The van der Waals surface area contributed by atoms with Crippen LogP contribution in [0.15, 0.2) is 16.6 Å². The zero-order valence-electron chi connectivity index (χ0n) is 12.9. The summed E-state index contributed by atoms with van der Waals surface area (Å²) < 4.78 is 6.40. The summed E-state index contributed by atoms with van der Waals surface area (Å²) in [6.45, 7) is 4.25. The largest absolute Gasteiger partial charge is 0.496 e. The summed E-state index contributed by atoms with van der Waals surface area (Å²) in [6.07, 6.45) is 7.82. The average Bonchev–Trinajstić information content (AvgIpc) is 2.44. The van der Waals surface area contributed by atoms with Gasteiger partial charge in [-0.15, -0.1) is 0 Å². The third kappa shape index (κ3) is 5.45. The topological polar surface area (TPSA) is 29.5 Å². The number of hydrogen-bond acceptors (Lipinski definition) is 2. The van der Waals surface area contributed by atoms with Crippen LogP contribution in [0.3, 0.4) is 0 Å². The Labute approximate surface area is 131 Å². The number of aryl methyl sites for hydroxylation is 1. The predicted molar refractivity (Wildman–Crippen MR) is 88.4 cm³/mol. The molecule has 0 aromatic heterocycles. The minimum Gasteiger partial charge on any atom is -0.496 e. The molecule has 0 saturated carbocycles. The maximum Gasteiger partial charge on any atom is 0.125 e. The van der Waals surface area contributed by atoms with Gasteiger partial charge in [0.2, 0.25) is 0 Å². The lowest BCUT2D eigenvalue weighted by atomic mass is 10.00. The number of halogens is 1. The summed E-state index contributed by atoms with van der Waals surface area (Å²) in [5.74, 6) is 0.782. The van der Waals surface area contributed by atoms with Gasteiger partial charge in [-0.25, -0.2) is 0 Å². The Hall–Kier alpha value is -0.540. The van der Waals surface area contributed by atoms with Crippen molar-refractivity contribution in [2.45, 2.75) is 64.9 Å². The van der Waals surface area contributed by atoms with Gasteiger partial charge in [0.05, 0.1) is 13.2 Å². The molecule has 1 rings (SSSR count). The van der Waals surface area contributed by atoms with E-state index >= 15 is 0 Å². The van der Waals surface area contributed by atoms with Crippen molar-refractivity contribution in [3.8, 4) is 5.75 Å². The van der Waals surface area contributed by atoms with Crippen LogP contribution in [0.5, 0.6) is 5.75 Å². The summed E-state index contributed by atoms with van der Waals surface area (Å²) in [5.41, 5.74) is 2.01. The molecule has 114 valence electrons. The number of hydrogen-bond donors (Lipinski definition) is 1. The number of unbranched alkanes of at least 4 members (excludes halogenated alkanes) is 5. The summed E-state index contributed by atoms with van der Waals surface area (Å²) >= 11 is 3.52. The Kier molecular flexibility index (Phi) is 8.24. The van der Waals surface area contributed by atoms with Crippen molar-refractivity contribution >= 4 is 15.9 Å². The first-order valence-corrected chi connectivity index (χ1v) is 8.41. The number of ether oxygens (including phenoxy) is 1. The molecule has 1 unspecified atom stereocenters. The van der Waals surface area contributed by atoms with E-state index in [0.29, 0.717) is 0 Å². The van der Waals surface area contributed by atoms with Gasteiger partial charge in [-0.05, 0) is 31.0 Å². The molecule has 0 fully saturated rings. The molecule has 1 aromatic rings. The van der Waals surface area contributed by atoms with Gasteiger partial charge in [0, 0.05) is 10.0 Å². The number of benzene rings is 1. The Balaban J connectivity index is 2.50. The van der Waals surface area contributed by atoms with E-state index in [4.69, 9.17) is 4.74 Å². The normalized spacial score (nSPS) is 12.4. The van der Waals surface area contributed by atoms with Gasteiger partial charge < -0.3 is 9.84 Å². The van der Waals surface area contributed by atoms with Crippen molar-refractivity contribution in [1.82, 2.24) is 0 Å². The zero-order chi connectivity index (χ0) is 15.0. The van der Waals surface area contributed by atoms with E-state index in [1.54, 1.807) is 7.11 Å². The first-order chi connectivity index (χ1) is 9.60. The van der Waals surface area contributed by atoms with Crippen LogP contribution in [0.2, 0.25) is 0 Å². The molecule has 0 heterocycles. The lowest BCUT2D eigenvalue weighted by Crippen LogP contribution is -2.02. The van der Waals surface area contributed by atoms with Crippen LogP contribution in [0.1, 0.15) is 69.1 Å². The first-order valence-electron chi connectivity index (χ1n) is 7.62. The summed E-state index contributed by atoms with van der Waals surface area (Å²) in [4.78, 5) is 0. The Morgan fingerprint density at radius 2 is 1.80 bits per heavy atom. The quantitative estimate of drug-likeness (QED) is 0.596. The SMILES string of the molecule is CCCCCCCCC(O)c1cc(Br)c(C)cc1OC. The first kappa shape index (κ1) is 17.5. The summed E-state index contributed by atoms with van der Waals surface area (Å²) in [5, 5.41) is 10.3. The maximum atomic E-state index is 10.3. The minimum atomic E-state index is -0.437. The lowest BCUT2D eigenvalue weighted by Gasteiger charge is -2.16. The van der Waals surface area contributed by atoms with Crippen LogP contribution in [-0.2, 0) is 0 Å². The summed E-state index contributed by atoms with van der Waals surface area (Å²) in [6, 6.07) is 3.96. The van der Waals surface area contributed by atoms with Gasteiger partial charge >= 0.3 is 0 Å². The predicted octanol–water partition coefficient (Wildman–Crippen LogP) is 5.55. The van der Waals surface area contributed by atoms with Crippen LogP contribution in [0, 0.1) is 6.92 Å². The summed E-state index contributed by atoms with van der Waals surface area (Å²) in [7, 11) is 1.66. The van der Waals surface area contributed by atoms with E-state index in [-0.39, 0.29) is 0 Å². The fourth-order valence-electron chi connectivity index (χ4n) is 2.38. The van der Waals surface area contributed by atoms with E-state index in [0.717, 1.165) is 34.2 Å². The molecule has 0 aliphatic rings. The molecule has 0 saturated heterocycles. The number of aliphatic hydroxyl groups is 1. The Morgan fingerprint density at radius 3 is 2.45 bits per heavy atom. The van der Waals surface area contributed by atoms with Crippen molar-refractivity contribution in [3.05, 3.63) is 27.7 Å². The fraction of sp³-hybridized carbons (Fsp3) is 0.647. The molecular formula is C17H27BrO2. The molecule has 0 aliphatic carbocycles. The lowest BCUT2D eigenvalue weighted by molar-refractivity contribution is 0.159. The zero-order valence-corrected chi connectivity index (χ0v) is 14.5. The van der Waals surface area contributed by atoms with Crippen LogP contribution in [-0.4, -0.2) is 12.2 Å². The second-order valence-electron chi connectivity index (χ2n) is 5.42. The molecule has 0 bridgehead atoms. The van der Waals surface area contributed by atoms with Crippen LogP contribution >= 0.6 is 15.9 Å². The van der Waals surface area contributed by atoms with Gasteiger partial charge in [0.1, 0.15) is 5.75 Å². The van der Waals surface area contributed by atoms with Gasteiger partial charge in [-0.3, -0.25) is 0 Å². The maximum absolute atomic E-state index is 10.3. The third-order valence-electron chi connectivity index (χ3n) is 3.70. The highest BCUT2D eigenvalue weighted by atomic mass is 79.9. The molecule has 20 heavy (non-hydrogen) atoms. The Morgan fingerprint density at radius 1 is 1.15 bits per heavy atom. The fourth-order valence-corrected chi connectivity index (χ4v) is 2.74. The molecule has 0 radical (unpaired) electrons. The highest BCUT2D eigenvalue weighted by Gasteiger charge is 2.14. The van der Waals surface area contributed by atoms with Crippen LogP contribution < -0.4 is 4.74 Å². The van der Waals surface area contributed by atoms with E-state index < -0.39 is 6.10 Å². The molecule has 2 nitrogen and oxygen atoms in total. The molecule has 0 amide bonds. The average molecular weight is 343 g/mol. The molecular weight excluding hydrogens is 316 g/mol. The smallest absolute Gasteiger partial charge is 0.125 e. The van der Waals surface area contributed by atoms with Gasteiger partial charge in [-0.2, -0.15) is 0 Å². The van der Waals surface area contributed by atoms with Gasteiger partial charge in [-0.1, -0.05) is 61.4 Å². The number of aliphatic hydroxyl groups excluding tert-OH is 1. The molecule has 0 spiro atoms. The van der Waals surface area contributed by atoms with Gasteiger partial charge in [0.15, 0.2) is 0 Å². The molecule has 1 N–H and O–H groups in total. The molecule has 1 aromatic carbocycles. The van der Waals surface area contributed by atoms with Crippen molar-refractivity contribution in [1.29, 1.82) is 0 Å². The minimum absolute atomic E-state index is 0.437. The van der Waals surface area contributed by atoms with Crippen molar-refractivity contribution in [3.63, 3.8) is 0 Å². The second-order valence-corrected chi connectivity index (χ2v) is 6.27. The highest BCUT2D eigenvalue weighted by molar-refractivity contribution is 9.10. The molecule has 3 heteroatoms. The third-order valence-corrected chi connectivity index (χ3v) is 4.56. The van der Waals surface area contributed by atoms with Crippen LogP contribution in [0.25, 0.3) is 0 Å². The second kappa shape index (κ2) is 9.41. The van der Waals surface area contributed by atoms with E-state index in [2.05, 4.69) is 22.9 Å². The van der Waals surface area contributed by atoms with E-state index in [1.165, 1.54) is 32.1 Å². The number of methoxy groups -OCH3 is 1. The standard InChI is InChI=1S/C17H27BrO2/c1-4-5-6-7-8-9-10-16(19)14-12-15(18)13(2)11-17(14)20-3/h11-12,16,19H,4-10H2,1-3H3. The number of rotatable bonds is 9. The van der Waals surface area contributed by atoms with E-state index in [9.17, 15) is 5.11 Å². The van der Waals surface area contributed by atoms with Crippen molar-refractivity contribution in [2.75, 3.05) is 7.11 Å². The Bertz CT molecular complexity index is 404.